The van der Waals surface area contributed by atoms with Crippen LogP contribution >= 0.6 is 11.3 Å². The van der Waals surface area contributed by atoms with E-state index in [0.29, 0.717) is 29.2 Å². The summed E-state index contributed by atoms with van der Waals surface area (Å²) in [7, 11) is 0. The summed E-state index contributed by atoms with van der Waals surface area (Å²) in [5.41, 5.74) is 7.16. The monoisotopic (exact) mass is 293 g/mol. The van der Waals surface area contributed by atoms with Gasteiger partial charge in [0.25, 0.3) is 5.91 Å². The van der Waals surface area contributed by atoms with Crippen molar-refractivity contribution in [2.24, 2.45) is 0 Å². The van der Waals surface area contributed by atoms with Crippen LogP contribution in [0.1, 0.15) is 29.4 Å². The molecule has 0 fully saturated rings. The highest BCUT2D eigenvalue weighted by Crippen LogP contribution is 2.32. The fraction of sp³-hybridized carbons (Fsp3) is 0.429. The number of aliphatic hydroxyl groups excluding tert-OH is 1. The Morgan fingerprint density at radius 3 is 2.95 bits per heavy atom. The zero-order valence-electron chi connectivity index (χ0n) is 11.5. The number of carbonyl (C=O) groups excluding carboxylic acids is 1. The van der Waals surface area contributed by atoms with Gasteiger partial charge in [0, 0.05) is 19.3 Å². The van der Waals surface area contributed by atoms with E-state index in [4.69, 9.17) is 10.8 Å². The van der Waals surface area contributed by atoms with E-state index >= 15 is 0 Å². The molecule has 0 aliphatic rings. The smallest absolute Gasteiger partial charge is 0.266 e. The molecular weight excluding hydrogens is 274 g/mol. The second-order valence-electron chi connectivity index (χ2n) is 4.56. The van der Waals surface area contributed by atoms with Crippen LogP contribution in [0.4, 0.5) is 5.69 Å². The number of pyridine rings is 1. The quantitative estimate of drug-likeness (QED) is 0.855. The Kier molecular flexibility index (Phi) is 4.92. The van der Waals surface area contributed by atoms with Gasteiger partial charge in [-0.1, -0.05) is 13.3 Å². The average molecular weight is 293 g/mol. The molecule has 0 atom stereocenters. The SMILES string of the molecule is CCCCN(CCO)C(=O)c1sc2cccnc2c1N. The van der Waals surface area contributed by atoms with E-state index in [1.54, 1.807) is 11.1 Å². The predicted molar refractivity (Wildman–Crippen MR) is 81.9 cm³/mol. The van der Waals surface area contributed by atoms with Crippen LogP contribution < -0.4 is 5.73 Å². The highest BCUT2D eigenvalue weighted by atomic mass is 32.1. The molecule has 0 aromatic carbocycles. The van der Waals surface area contributed by atoms with Crippen molar-refractivity contribution in [2.45, 2.75) is 19.8 Å². The number of aliphatic hydroxyl groups is 1. The summed E-state index contributed by atoms with van der Waals surface area (Å²) in [6, 6.07) is 3.73. The van der Waals surface area contributed by atoms with Gasteiger partial charge >= 0.3 is 0 Å². The summed E-state index contributed by atoms with van der Waals surface area (Å²) < 4.78 is 0.910. The lowest BCUT2D eigenvalue weighted by atomic mass is 10.2. The number of amides is 1. The number of hydrogen-bond acceptors (Lipinski definition) is 5. The van der Waals surface area contributed by atoms with Crippen LogP contribution in [0.3, 0.4) is 0 Å². The van der Waals surface area contributed by atoms with Crippen molar-refractivity contribution in [3.63, 3.8) is 0 Å². The van der Waals surface area contributed by atoms with Crippen molar-refractivity contribution < 1.29 is 9.90 Å². The topological polar surface area (TPSA) is 79.5 Å². The maximum absolute atomic E-state index is 12.5. The highest BCUT2D eigenvalue weighted by Gasteiger charge is 2.21. The van der Waals surface area contributed by atoms with Crippen LogP contribution in [0.25, 0.3) is 10.2 Å². The lowest BCUT2D eigenvalue weighted by Gasteiger charge is -2.21. The van der Waals surface area contributed by atoms with Gasteiger partial charge in [-0.05, 0) is 18.6 Å². The molecule has 0 unspecified atom stereocenters. The number of unbranched alkanes of at least 4 members (excludes halogenated alkanes) is 1. The fourth-order valence-electron chi connectivity index (χ4n) is 2.03. The van der Waals surface area contributed by atoms with Gasteiger partial charge in [-0.2, -0.15) is 0 Å². The summed E-state index contributed by atoms with van der Waals surface area (Å²) in [6.45, 7) is 2.99. The van der Waals surface area contributed by atoms with E-state index in [-0.39, 0.29) is 12.5 Å². The minimum atomic E-state index is -0.118. The van der Waals surface area contributed by atoms with Crippen molar-refractivity contribution in [3.05, 3.63) is 23.2 Å². The zero-order valence-corrected chi connectivity index (χ0v) is 12.3. The third-order valence-corrected chi connectivity index (χ3v) is 4.26. The van der Waals surface area contributed by atoms with Gasteiger partial charge in [-0.25, -0.2) is 0 Å². The molecule has 3 N–H and O–H groups in total. The van der Waals surface area contributed by atoms with Crippen LogP contribution in [0.5, 0.6) is 0 Å². The number of nitrogens with two attached hydrogens (primary N) is 1. The third kappa shape index (κ3) is 2.91. The number of nitrogens with zero attached hydrogens (tertiary/aromatic N) is 2. The van der Waals surface area contributed by atoms with E-state index in [0.717, 1.165) is 17.5 Å². The first-order chi connectivity index (χ1) is 9.69. The van der Waals surface area contributed by atoms with Crippen molar-refractivity contribution in [1.29, 1.82) is 0 Å². The molecule has 6 heteroatoms. The summed E-state index contributed by atoms with van der Waals surface area (Å²) >= 11 is 1.36. The van der Waals surface area contributed by atoms with Gasteiger partial charge in [-0.3, -0.25) is 9.78 Å². The standard InChI is InChI=1S/C14H19N3O2S/c1-2-3-7-17(8-9-18)14(19)13-11(15)12-10(20-13)5-4-6-16-12/h4-6,18H,2-3,7-9,15H2,1H3. The second kappa shape index (κ2) is 6.67. The zero-order chi connectivity index (χ0) is 14.5. The average Bonchev–Trinajstić information content (AvgIpc) is 2.80. The molecular formula is C14H19N3O2S. The van der Waals surface area contributed by atoms with Gasteiger partial charge in [0.1, 0.15) is 10.4 Å². The Morgan fingerprint density at radius 1 is 1.50 bits per heavy atom. The Labute approximate surface area is 122 Å². The van der Waals surface area contributed by atoms with Gasteiger partial charge in [0.05, 0.1) is 17.0 Å². The summed E-state index contributed by atoms with van der Waals surface area (Å²) in [4.78, 5) is 18.9. The maximum atomic E-state index is 12.5. The van der Waals surface area contributed by atoms with Gasteiger partial charge in [-0.15, -0.1) is 11.3 Å². The molecule has 2 aromatic heterocycles. The lowest BCUT2D eigenvalue weighted by Crippen LogP contribution is -2.34. The molecule has 20 heavy (non-hydrogen) atoms. The number of anilines is 1. The van der Waals surface area contributed by atoms with E-state index < -0.39 is 0 Å². The minimum absolute atomic E-state index is 0.0432. The Morgan fingerprint density at radius 2 is 2.30 bits per heavy atom. The summed E-state index contributed by atoms with van der Waals surface area (Å²) in [5.74, 6) is -0.118. The molecule has 0 saturated heterocycles. The number of carbonyl (C=O) groups is 1. The number of thiophene rings is 1. The second-order valence-corrected chi connectivity index (χ2v) is 5.62. The first kappa shape index (κ1) is 14.7. The Balaban J connectivity index is 2.30. The molecule has 108 valence electrons. The Hall–Kier alpha value is -1.66. The summed E-state index contributed by atoms with van der Waals surface area (Å²) in [5, 5.41) is 9.11. The molecule has 0 aliphatic carbocycles. The molecule has 5 nitrogen and oxygen atoms in total. The third-order valence-electron chi connectivity index (χ3n) is 3.12. The molecule has 2 aromatic rings. The molecule has 0 bridgehead atoms. The van der Waals surface area contributed by atoms with E-state index in [2.05, 4.69) is 11.9 Å². The molecule has 0 radical (unpaired) electrons. The van der Waals surface area contributed by atoms with Gasteiger partial charge < -0.3 is 15.7 Å². The highest BCUT2D eigenvalue weighted by molar-refractivity contribution is 7.21. The molecule has 0 spiro atoms. The fourth-order valence-corrected chi connectivity index (χ4v) is 3.08. The van der Waals surface area contributed by atoms with Crippen LogP contribution in [0.2, 0.25) is 0 Å². The first-order valence-electron chi connectivity index (χ1n) is 6.72. The number of fused-ring (bicyclic) bond motifs is 1. The number of rotatable bonds is 6. The van der Waals surface area contributed by atoms with Crippen molar-refractivity contribution in [1.82, 2.24) is 9.88 Å². The largest absolute Gasteiger partial charge is 0.396 e. The van der Waals surface area contributed by atoms with E-state index in [1.165, 1.54) is 11.3 Å². The molecule has 0 saturated carbocycles. The van der Waals surface area contributed by atoms with Gasteiger partial charge in [0.15, 0.2) is 0 Å². The normalized spacial score (nSPS) is 10.9. The predicted octanol–water partition coefficient (Wildman–Crippen LogP) is 2.11. The Bertz CT molecular complexity index is 597. The van der Waals surface area contributed by atoms with Crippen molar-refractivity contribution in [3.8, 4) is 0 Å². The van der Waals surface area contributed by atoms with Crippen molar-refractivity contribution >= 4 is 33.1 Å². The van der Waals surface area contributed by atoms with Crippen LogP contribution in [0.15, 0.2) is 18.3 Å². The molecule has 2 rings (SSSR count). The number of aromatic nitrogens is 1. The van der Waals surface area contributed by atoms with Crippen molar-refractivity contribution in [2.75, 3.05) is 25.4 Å². The van der Waals surface area contributed by atoms with Crippen LogP contribution in [-0.4, -0.2) is 40.6 Å². The van der Waals surface area contributed by atoms with Crippen LogP contribution in [-0.2, 0) is 0 Å². The van der Waals surface area contributed by atoms with Crippen LogP contribution in [0, 0.1) is 0 Å². The number of nitrogen functional groups attached to an aromatic ring is 1. The molecule has 1 amide bonds. The van der Waals surface area contributed by atoms with E-state index in [9.17, 15) is 4.79 Å². The van der Waals surface area contributed by atoms with Gasteiger partial charge in [0.2, 0.25) is 0 Å². The number of hydrogen-bond donors (Lipinski definition) is 2. The minimum Gasteiger partial charge on any atom is -0.396 e. The molecule has 2 heterocycles. The maximum Gasteiger partial charge on any atom is 0.266 e. The van der Waals surface area contributed by atoms with E-state index in [1.807, 2.05) is 12.1 Å². The lowest BCUT2D eigenvalue weighted by molar-refractivity contribution is 0.0725. The molecule has 0 aliphatic heterocycles. The first-order valence-corrected chi connectivity index (χ1v) is 7.53. The summed E-state index contributed by atoms with van der Waals surface area (Å²) in [6.07, 6.45) is 3.58.